The molecule has 0 fully saturated rings. The van der Waals surface area contributed by atoms with Gasteiger partial charge in [-0.15, -0.1) is 5.10 Å². The first-order chi connectivity index (χ1) is 17.9. The zero-order valence-corrected chi connectivity index (χ0v) is 19.8. The van der Waals surface area contributed by atoms with E-state index in [1.54, 1.807) is 11.7 Å². The highest BCUT2D eigenvalue weighted by molar-refractivity contribution is 5.94. The molecule has 1 atom stereocenters. The van der Waals surface area contributed by atoms with Gasteiger partial charge in [0, 0.05) is 5.56 Å². The van der Waals surface area contributed by atoms with Gasteiger partial charge in [-0.25, -0.2) is 14.6 Å². The van der Waals surface area contributed by atoms with Crippen molar-refractivity contribution in [2.75, 3.05) is 0 Å². The molecule has 0 radical (unpaired) electrons. The smallest absolute Gasteiger partial charge is 0.251 e. The van der Waals surface area contributed by atoms with E-state index >= 15 is 0 Å². The third-order valence-corrected chi connectivity index (χ3v) is 5.88. The lowest BCUT2D eigenvalue weighted by Gasteiger charge is -2.16. The lowest BCUT2D eigenvalue weighted by Crippen LogP contribution is -2.25. The van der Waals surface area contributed by atoms with Crippen molar-refractivity contribution in [3.05, 3.63) is 107 Å². The van der Waals surface area contributed by atoms with Crippen LogP contribution in [0.25, 0.3) is 11.1 Å². The second-order valence-corrected chi connectivity index (χ2v) is 8.53. The largest absolute Gasteiger partial charge is 0.392 e. The maximum atomic E-state index is 13.1. The number of nitrogens with one attached hydrogen (secondary N) is 2. The molecule has 4 N–H and O–H groups in total. The van der Waals surface area contributed by atoms with Crippen LogP contribution in [0.15, 0.2) is 79.0 Å². The molecule has 3 aromatic carbocycles. The lowest BCUT2D eigenvalue weighted by molar-refractivity contribution is -0.130. The number of hydrogen-bond donors (Lipinski definition) is 4. The highest BCUT2D eigenvalue weighted by Gasteiger charge is 2.19. The molecule has 4 aromatic rings. The molecular weight excluding hydrogens is 477 g/mol. The van der Waals surface area contributed by atoms with E-state index in [0.717, 1.165) is 22.3 Å². The molecule has 0 saturated carbocycles. The van der Waals surface area contributed by atoms with Crippen LogP contribution in [-0.2, 0) is 24.4 Å². The Morgan fingerprint density at radius 1 is 0.973 bits per heavy atom. The lowest BCUT2D eigenvalue weighted by atomic mass is 9.97. The summed E-state index contributed by atoms with van der Waals surface area (Å²) in [5, 5.41) is 29.3. The van der Waals surface area contributed by atoms with Gasteiger partial charge in [-0.1, -0.05) is 53.7 Å². The van der Waals surface area contributed by atoms with E-state index in [1.165, 1.54) is 28.9 Å². The molecule has 10 heteroatoms. The van der Waals surface area contributed by atoms with Crippen LogP contribution in [0.5, 0.6) is 0 Å². The second-order valence-electron chi connectivity index (χ2n) is 8.53. The standard InChI is InChI=1S/C27H26FN5O4/c28-23-10-8-21(9-11-23)27(36)29-15-24-16-33(32-30-24)25(14-26(35)31-37)13-19-2-1-3-22(12-19)20-6-4-18(17-34)5-7-20/h1-12,16,25,34,37H,13-15,17H2,(H,29,36)(H,31,35). The van der Waals surface area contributed by atoms with E-state index in [1.807, 2.05) is 48.5 Å². The molecule has 0 aliphatic rings. The number of hydroxylamine groups is 1. The van der Waals surface area contributed by atoms with Gasteiger partial charge in [0.1, 0.15) is 11.5 Å². The third kappa shape index (κ3) is 6.84. The predicted molar refractivity (Wildman–Crippen MR) is 133 cm³/mol. The van der Waals surface area contributed by atoms with E-state index in [0.29, 0.717) is 17.7 Å². The Balaban J connectivity index is 1.47. The number of nitrogens with zero attached hydrogens (tertiary/aromatic N) is 3. The number of aromatic nitrogens is 3. The zero-order chi connectivity index (χ0) is 26.2. The number of aliphatic hydroxyl groups is 1. The fourth-order valence-electron chi connectivity index (χ4n) is 3.92. The molecule has 0 saturated heterocycles. The minimum absolute atomic E-state index is 0.0231. The van der Waals surface area contributed by atoms with Crippen molar-refractivity contribution in [2.24, 2.45) is 0 Å². The second kappa shape index (κ2) is 12.0. The molecule has 1 heterocycles. The Hall–Kier alpha value is -4.41. The van der Waals surface area contributed by atoms with Crippen LogP contribution in [-0.4, -0.2) is 37.1 Å². The number of halogens is 1. The van der Waals surface area contributed by atoms with E-state index < -0.39 is 17.8 Å². The number of benzene rings is 3. The Morgan fingerprint density at radius 3 is 2.43 bits per heavy atom. The average Bonchev–Trinajstić information content (AvgIpc) is 3.41. The molecule has 4 rings (SSSR count). The van der Waals surface area contributed by atoms with Gasteiger partial charge in [0.2, 0.25) is 5.91 Å². The summed E-state index contributed by atoms with van der Waals surface area (Å²) < 4.78 is 14.6. The minimum Gasteiger partial charge on any atom is -0.392 e. The topological polar surface area (TPSA) is 129 Å². The zero-order valence-electron chi connectivity index (χ0n) is 19.8. The monoisotopic (exact) mass is 503 g/mol. The van der Waals surface area contributed by atoms with Gasteiger partial charge in [-0.2, -0.15) is 0 Å². The molecule has 0 aliphatic heterocycles. The first-order valence-electron chi connectivity index (χ1n) is 11.6. The van der Waals surface area contributed by atoms with Gasteiger partial charge in [0.15, 0.2) is 0 Å². The first kappa shape index (κ1) is 25.7. The van der Waals surface area contributed by atoms with Crippen molar-refractivity contribution in [3.63, 3.8) is 0 Å². The number of carbonyl (C=O) groups excluding carboxylic acids is 2. The number of aliphatic hydroxyl groups excluding tert-OH is 1. The van der Waals surface area contributed by atoms with Crippen molar-refractivity contribution in [2.45, 2.75) is 32.0 Å². The van der Waals surface area contributed by atoms with Crippen molar-refractivity contribution in [1.82, 2.24) is 25.8 Å². The molecule has 1 aromatic heterocycles. The van der Waals surface area contributed by atoms with Crippen LogP contribution in [0.3, 0.4) is 0 Å². The fourth-order valence-corrected chi connectivity index (χ4v) is 3.92. The van der Waals surface area contributed by atoms with Gasteiger partial charge in [0.25, 0.3) is 5.91 Å². The van der Waals surface area contributed by atoms with Gasteiger partial charge in [-0.05, 0) is 52.9 Å². The first-order valence-corrected chi connectivity index (χ1v) is 11.6. The highest BCUT2D eigenvalue weighted by atomic mass is 19.1. The predicted octanol–water partition coefficient (Wildman–Crippen LogP) is 3.19. The molecule has 9 nitrogen and oxygen atoms in total. The molecule has 0 spiro atoms. The summed E-state index contributed by atoms with van der Waals surface area (Å²) in [6, 6.07) is 20.2. The maximum absolute atomic E-state index is 13.1. The molecule has 2 amide bonds. The molecule has 0 aliphatic carbocycles. The average molecular weight is 504 g/mol. The summed E-state index contributed by atoms with van der Waals surface area (Å²) in [5.41, 5.74) is 6.20. The summed E-state index contributed by atoms with van der Waals surface area (Å²) in [6.07, 6.45) is 2.02. The van der Waals surface area contributed by atoms with Crippen molar-refractivity contribution >= 4 is 11.8 Å². The van der Waals surface area contributed by atoms with Crippen LogP contribution >= 0.6 is 0 Å². The highest BCUT2D eigenvalue weighted by Crippen LogP contribution is 2.24. The van der Waals surface area contributed by atoms with Gasteiger partial charge in [-0.3, -0.25) is 14.8 Å². The number of carbonyl (C=O) groups is 2. The molecule has 37 heavy (non-hydrogen) atoms. The van der Waals surface area contributed by atoms with E-state index in [4.69, 9.17) is 5.21 Å². The van der Waals surface area contributed by atoms with Gasteiger partial charge < -0.3 is 10.4 Å². The molecule has 190 valence electrons. The van der Waals surface area contributed by atoms with Crippen molar-refractivity contribution in [1.29, 1.82) is 0 Å². The Bertz CT molecular complexity index is 1360. The Labute approximate surface area is 212 Å². The molecular formula is C27H26FN5O4. The maximum Gasteiger partial charge on any atom is 0.251 e. The van der Waals surface area contributed by atoms with Crippen LogP contribution in [0.1, 0.15) is 39.6 Å². The van der Waals surface area contributed by atoms with Gasteiger partial charge in [0.05, 0.1) is 31.8 Å². The van der Waals surface area contributed by atoms with E-state index in [9.17, 15) is 19.1 Å². The quantitative estimate of drug-likeness (QED) is 0.194. The molecule has 0 bridgehead atoms. The van der Waals surface area contributed by atoms with Crippen LogP contribution < -0.4 is 10.8 Å². The normalized spacial score (nSPS) is 11.6. The Kier molecular flexibility index (Phi) is 8.34. The van der Waals surface area contributed by atoms with Crippen molar-refractivity contribution < 1.29 is 24.3 Å². The minimum atomic E-state index is -0.567. The third-order valence-electron chi connectivity index (χ3n) is 5.88. The summed E-state index contributed by atoms with van der Waals surface area (Å²) >= 11 is 0. The summed E-state index contributed by atoms with van der Waals surface area (Å²) in [5.74, 6) is -1.38. The fraction of sp³-hybridized carbons (Fsp3) is 0.185. The SMILES string of the molecule is O=C(CC(Cc1cccc(-c2ccc(CO)cc2)c1)n1cc(CNC(=O)c2ccc(F)cc2)nn1)NO. The van der Waals surface area contributed by atoms with Crippen LogP contribution in [0, 0.1) is 5.82 Å². The van der Waals surface area contributed by atoms with Crippen molar-refractivity contribution in [3.8, 4) is 11.1 Å². The Morgan fingerprint density at radius 2 is 1.73 bits per heavy atom. The number of hydrogen-bond acceptors (Lipinski definition) is 6. The number of rotatable bonds is 10. The van der Waals surface area contributed by atoms with Crippen LogP contribution in [0.2, 0.25) is 0 Å². The summed E-state index contributed by atoms with van der Waals surface area (Å²) in [6.45, 7) is 0.0686. The van der Waals surface area contributed by atoms with Gasteiger partial charge >= 0.3 is 0 Å². The molecule has 1 unspecified atom stereocenters. The van der Waals surface area contributed by atoms with E-state index in [2.05, 4.69) is 15.6 Å². The summed E-state index contributed by atoms with van der Waals surface area (Å²) in [7, 11) is 0. The number of amides is 2. The summed E-state index contributed by atoms with van der Waals surface area (Å²) in [4.78, 5) is 24.3. The van der Waals surface area contributed by atoms with E-state index in [-0.39, 0.29) is 25.5 Å². The van der Waals surface area contributed by atoms with Crippen LogP contribution in [0.4, 0.5) is 4.39 Å².